The predicted molar refractivity (Wildman–Crippen MR) is 65.6 cm³/mol. The van der Waals surface area contributed by atoms with E-state index in [1.807, 2.05) is 19.0 Å². The van der Waals surface area contributed by atoms with Crippen molar-refractivity contribution in [2.24, 2.45) is 0 Å². The maximum Gasteiger partial charge on any atom is 0.226 e. The zero-order chi connectivity index (χ0) is 11.7. The van der Waals surface area contributed by atoms with E-state index < -0.39 is 0 Å². The molecule has 0 aromatic carbocycles. The molecule has 6 nitrogen and oxygen atoms in total. The molecular formula is C9H11BrN6. The van der Waals surface area contributed by atoms with Gasteiger partial charge in [0.2, 0.25) is 5.95 Å². The van der Waals surface area contributed by atoms with E-state index >= 15 is 0 Å². The van der Waals surface area contributed by atoms with Crippen LogP contribution in [0.5, 0.6) is 0 Å². The van der Waals surface area contributed by atoms with E-state index in [-0.39, 0.29) is 0 Å². The Morgan fingerprint density at radius 1 is 1.44 bits per heavy atom. The highest BCUT2D eigenvalue weighted by atomic mass is 79.9. The van der Waals surface area contributed by atoms with Gasteiger partial charge in [0.05, 0.1) is 4.47 Å². The van der Waals surface area contributed by atoms with Gasteiger partial charge in [-0.3, -0.25) is 0 Å². The molecule has 2 rings (SSSR count). The van der Waals surface area contributed by atoms with E-state index in [0.717, 1.165) is 4.47 Å². The first-order chi connectivity index (χ1) is 7.58. The minimum atomic E-state index is 0.435. The van der Waals surface area contributed by atoms with Gasteiger partial charge in [0, 0.05) is 32.6 Å². The van der Waals surface area contributed by atoms with Gasteiger partial charge >= 0.3 is 0 Å². The summed E-state index contributed by atoms with van der Waals surface area (Å²) in [5.41, 5.74) is 5.64. The smallest absolute Gasteiger partial charge is 0.226 e. The second-order valence-corrected chi connectivity index (χ2v) is 4.27. The van der Waals surface area contributed by atoms with Crippen molar-refractivity contribution in [3.63, 3.8) is 0 Å². The van der Waals surface area contributed by atoms with E-state index in [0.29, 0.717) is 17.6 Å². The topological polar surface area (TPSA) is 72.9 Å². The Hall–Kier alpha value is -1.63. The standard InChI is InChI=1S/C9H11BrN6/c1-15(2)9-12-4-3-7(13-9)16-5-6(10)8(11)14-16/h3-5H,1-2H3,(H2,11,14). The normalized spacial score (nSPS) is 10.4. The van der Waals surface area contributed by atoms with Crippen molar-refractivity contribution >= 4 is 27.7 Å². The molecule has 0 aliphatic rings. The fourth-order valence-corrected chi connectivity index (χ4v) is 1.44. The molecule has 2 aromatic rings. The van der Waals surface area contributed by atoms with E-state index in [1.165, 1.54) is 0 Å². The Bertz CT molecular complexity index is 487. The van der Waals surface area contributed by atoms with Crippen molar-refractivity contribution in [3.05, 3.63) is 22.9 Å². The molecule has 0 saturated heterocycles. The first-order valence-electron chi connectivity index (χ1n) is 4.59. The second kappa shape index (κ2) is 4.09. The van der Waals surface area contributed by atoms with E-state index in [9.17, 15) is 0 Å². The van der Waals surface area contributed by atoms with Gasteiger partial charge < -0.3 is 10.6 Å². The van der Waals surface area contributed by atoms with Gasteiger partial charge in [0.15, 0.2) is 11.6 Å². The lowest BCUT2D eigenvalue weighted by atomic mass is 10.5. The Kier molecular flexibility index (Phi) is 2.78. The van der Waals surface area contributed by atoms with Gasteiger partial charge in [-0.15, -0.1) is 5.10 Å². The first kappa shape index (κ1) is 10.9. The van der Waals surface area contributed by atoms with Crippen LogP contribution in [0.15, 0.2) is 22.9 Å². The largest absolute Gasteiger partial charge is 0.381 e. The number of aromatic nitrogens is 4. The molecule has 0 bridgehead atoms. The van der Waals surface area contributed by atoms with Gasteiger partial charge in [0.1, 0.15) is 0 Å². The number of nitrogens with two attached hydrogens (primary N) is 1. The van der Waals surface area contributed by atoms with Crippen LogP contribution >= 0.6 is 15.9 Å². The van der Waals surface area contributed by atoms with Crippen molar-refractivity contribution in [2.75, 3.05) is 24.7 Å². The number of nitrogen functional groups attached to an aromatic ring is 1. The number of nitrogens with zero attached hydrogens (tertiary/aromatic N) is 5. The molecule has 0 unspecified atom stereocenters. The molecule has 0 radical (unpaired) electrons. The van der Waals surface area contributed by atoms with Crippen molar-refractivity contribution in [3.8, 4) is 5.82 Å². The summed E-state index contributed by atoms with van der Waals surface area (Å²) >= 11 is 3.30. The summed E-state index contributed by atoms with van der Waals surface area (Å²) in [6.45, 7) is 0. The summed E-state index contributed by atoms with van der Waals surface area (Å²) in [6, 6.07) is 1.77. The number of anilines is 2. The summed E-state index contributed by atoms with van der Waals surface area (Å²) in [7, 11) is 3.76. The lowest BCUT2D eigenvalue weighted by molar-refractivity contribution is 0.835. The zero-order valence-corrected chi connectivity index (χ0v) is 10.5. The zero-order valence-electron chi connectivity index (χ0n) is 8.92. The molecule has 16 heavy (non-hydrogen) atoms. The molecule has 0 aliphatic heterocycles. The van der Waals surface area contributed by atoms with Crippen LogP contribution in [0.1, 0.15) is 0 Å². The van der Waals surface area contributed by atoms with Crippen LogP contribution < -0.4 is 10.6 Å². The van der Waals surface area contributed by atoms with Gasteiger partial charge in [-0.25, -0.2) is 9.67 Å². The van der Waals surface area contributed by atoms with Crippen LogP contribution in [0.2, 0.25) is 0 Å². The fraction of sp³-hybridized carbons (Fsp3) is 0.222. The molecule has 2 aromatic heterocycles. The van der Waals surface area contributed by atoms with Crippen molar-refractivity contribution in [1.29, 1.82) is 0 Å². The Morgan fingerprint density at radius 3 is 2.75 bits per heavy atom. The van der Waals surface area contributed by atoms with Crippen molar-refractivity contribution < 1.29 is 0 Å². The van der Waals surface area contributed by atoms with Crippen LogP contribution in [-0.4, -0.2) is 33.8 Å². The van der Waals surface area contributed by atoms with Gasteiger partial charge in [-0.2, -0.15) is 4.98 Å². The van der Waals surface area contributed by atoms with E-state index in [2.05, 4.69) is 31.0 Å². The van der Waals surface area contributed by atoms with Gasteiger partial charge in [-0.05, 0) is 15.9 Å². The third-order valence-electron chi connectivity index (χ3n) is 1.96. The van der Waals surface area contributed by atoms with E-state index in [4.69, 9.17) is 5.73 Å². The molecule has 0 amide bonds. The van der Waals surface area contributed by atoms with E-state index in [1.54, 1.807) is 23.1 Å². The number of rotatable bonds is 2. The van der Waals surface area contributed by atoms with Gasteiger partial charge in [0.25, 0.3) is 0 Å². The SMILES string of the molecule is CN(C)c1nccc(-n2cc(Br)c(N)n2)n1. The maximum absolute atomic E-state index is 5.64. The number of hydrogen-bond donors (Lipinski definition) is 1. The minimum absolute atomic E-state index is 0.435. The lowest BCUT2D eigenvalue weighted by Crippen LogP contribution is -2.13. The predicted octanol–water partition coefficient (Wildman–Crippen LogP) is 1.07. The van der Waals surface area contributed by atoms with Crippen molar-refractivity contribution in [2.45, 2.75) is 0 Å². The second-order valence-electron chi connectivity index (χ2n) is 3.42. The summed E-state index contributed by atoms with van der Waals surface area (Å²) in [4.78, 5) is 10.3. The highest BCUT2D eigenvalue weighted by Gasteiger charge is 2.07. The molecule has 0 spiro atoms. The maximum atomic E-state index is 5.64. The molecule has 0 saturated carbocycles. The highest BCUT2D eigenvalue weighted by molar-refractivity contribution is 9.10. The third-order valence-corrected chi connectivity index (χ3v) is 2.57. The summed E-state index contributed by atoms with van der Waals surface area (Å²) in [5.74, 6) is 1.74. The molecule has 0 fully saturated rings. The van der Waals surface area contributed by atoms with Crippen LogP contribution in [-0.2, 0) is 0 Å². The molecule has 2 N–H and O–H groups in total. The monoisotopic (exact) mass is 282 g/mol. The number of hydrogen-bond acceptors (Lipinski definition) is 5. The molecule has 0 atom stereocenters. The molecule has 84 valence electrons. The van der Waals surface area contributed by atoms with Gasteiger partial charge in [-0.1, -0.05) is 0 Å². The Labute approximate surface area is 101 Å². The first-order valence-corrected chi connectivity index (χ1v) is 5.38. The molecule has 2 heterocycles. The molecule has 0 aliphatic carbocycles. The Balaban J connectivity index is 2.44. The van der Waals surface area contributed by atoms with Crippen LogP contribution in [0, 0.1) is 0 Å². The fourth-order valence-electron chi connectivity index (χ4n) is 1.17. The highest BCUT2D eigenvalue weighted by Crippen LogP contribution is 2.18. The van der Waals surface area contributed by atoms with Crippen LogP contribution in [0.3, 0.4) is 0 Å². The van der Waals surface area contributed by atoms with Crippen LogP contribution in [0.25, 0.3) is 5.82 Å². The Morgan fingerprint density at radius 2 is 2.19 bits per heavy atom. The molecular weight excluding hydrogens is 272 g/mol. The lowest BCUT2D eigenvalue weighted by Gasteiger charge is -2.10. The quantitative estimate of drug-likeness (QED) is 0.892. The van der Waals surface area contributed by atoms with Crippen molar-refractivity contribution in [1.82, 2.24) is 19.7 Å². The average Bonchev–Trinajstić information content (AvgIpc) is 2.59. The summed E-state index contributed by atoms with van der Waals surface area (Å²) < 4.78 is 2.35. The average molecular weight is 283 g/mol. The van der Waals surface area contributed by atoms with Crippen LogP contribution in [0.4, 0.5) is 11.8 Å². The number of halogens is 1. The molecule has 7 heteroatoms. The minimum Gasteiger partial charge on any atom is -0.381 e. The summed E-state index contributed by atoms with van der Waals surface area (Å²) in [6.07, 6.45) is 3.44. The third kappa shape index (κ3) is 1.99. The summed E-state index contributed by atoms with van der Waals surface area (Å²) in [5, 5.41) is 4.12.